The maximum absolute atomic E-state index is 11.8. The van der Waals surface area contributed by atoms with Gasteiger partial charge in [0.05, 0.1) is 11.8 Å². The molecular formula is C10H15NO2S. The van der Waals surface area contributed by atoms with E-state index in [4.69, 9.17) is 6.42 Å². The number of amides is 1. The molecule has 3 nitrogen and oxygen atoms in total. The van der Waals surface area contributed by atoms with Crippen LogP contribution in [0, 0.1) is 12.3 Å². The summed E-state index contributed by atoms with van der Waals surface area (Å²) in [4.78, 5) is 13.1. The van der Waals surface area contributed by atoms with Crippen LogP contribution in [0.4, 0.5) is 0 Å². The number of hydrogen-bond acceptors (Lipinski definition) is 3. The molecule has 1 fully saturated rings. The number of aliphatic hydroxyl groups is 1. The predicted octanol–water partition coefficient (Wildman–Crippen LogP) is 0.682. The van der Waals surface area contributed by atoms with Crippen LogP contribution < -0.4 is 0 Å². The van der Waals surface area contributed by atoms with E-state index in [-0.39, 0.29) is 17.7 Å². The summed E-state index contributed by atoms with van der Waals surface area (Å²) < 4.78 is 0. The van der Waals surface area contributed by atoms with E-state index in [0.717, 1.165) is 5.75 Å². The van der Waals surface area contributed by atoms with Gasteiger partial charge in [-0.15, -0.1) is 18.2 Å². The lowest BCUT2D eigenvalue weighted by molar-refractivity contribution is -0.140. The zero-order valence-corrected chi connectivity index (χ0v) is 9.30. The minimum absolute atomic E-state index is 0.0419. The number of rotatable bonds is 3. The zero-order chi connectivity index (χ0) is 10.8. The first-order valence-electron chi connectivity index (χ1n) is 4.62. The molecule has 1 saturated heterocycles. The molecule has 1 aliphatic heterocycles. The zero-order valence-electron chi connectivity index (χ0n) is 8.49. The Kier molecular flexibility index (Phi) is 3.46. The van der Waals surface area contributed by atoms with Crippen molar-refractivity contribution in [3.05, 3.63) is 0 Å². The first-order chi connectivity index (χ1) is 6.53. The Labute approximate surface area is 88.9 Å². The molecule has 0 radical (unpaired) electrons. The SMILES string of the molecule is C#CCN1C(=O)C(SCC)CC1(C)O. The largest absolute Gasteiger partial charge is 0.371 e. The van der Waals surface area contributed by atoms with Crippen molar-refractivity contribution in [2.75, 3.05) is 12.3 Å². The Morgan fingerprint density at radius 2 is 2.50 bits per heavy atom. The third kappa shape index (κ3) is 2.05. The Hall–Kier alpha value is -0.660. The van der Waals surface area contributed by atoms with E-state index in [2.05, 4.69) is 5.92 Å². The van der Waals surface area contributed by atoms with Gasteiger partial charge in [-0.1, -0.05) is 12.8 Å². The lowest BCUT2D eigenvalue weighted by Gasteiger charge is -2.27. The van der Waals surface area contributed by atoms with Crippen molar-refractivity contribution in [3.8, 4) is 12.3 Å². The summed E-state index contributed by atoms with van der Waals surface area (Å²) in [5.74, 6) is 3.22. The van der Waals surface area contributed by atoms with Gasteiger partial charge in [-0.25, -0.2) is 0 Å². The Balaban J connectivity index is 2.76. The fraction of sp³-hybridized carbons (Fsp3) is 0.700. The Morgan fingerprint density at radius 3 is 3.00 bits per heavy atom. The van der Waals surface area contributed by atoms with Gasteiger partial charge in [0.15, 0.2) is 0 Å². The summed E-state index contributed by atoms with van der Waals surface area (Å²) in [6.45, 7) is 3.82. The number of terminal acetylenes is 1. The van der Waals surface area contributed by atoms with E-state index in [0.29, 0.717) is 6.42 Å². The van der Waals surface area contributed by atoms with E-state index < -0.39 is 5.72 Å². The highest BCUT2D eigenvalue weighted by Gasteiger charge is 2.46. The molecule has 2 unspecified atom stereocenters. The molecule has 2 atom stereocenters. The minimum atomic E-state index is -1.07. The van der Waals surface area contributed by atoms with Crippen molar-refractivity contribution in [1.29, 1.82) is 0 Å². The van der Waals surface area contributed by atoms with Gasteiger partial charge in [0, 0.05) is 6.42 Å². The van der Waals surface area contributed by atoms with Gasteiger partial charge in [-0.2, -0.15) is 0 Å². The van der Waals surface area contributed by atoms with E-state index in [1.54, 1.807) is 18.7 Å². The van der Waals surface area contributed by atoms with Crippen LogP contribution in [0.3, 0.4) is 0 Å². The maximum Gasteiger partial charge on any atom is 0.238 e. The Bertz CT molecular complexity index is 270. The van der Waals surface area contributed by atoms with Gasteiger partial charge in [-0.05, 0) is 12.7 Å². The summed E-state index contributed by atoms with van der Waals surface area (Å²) in [6, 6.07) is 0. The van der Waals surface area contributed by atoms with Crippen LogP contribution in [0.2, 0.25) is 0 Å². The van der Waals surface area contributed by atoms with Crippen LogP contribution in [0.1, 0.15) is 20.3 Å². The molecule has 0 aromatic heterocycles. The van der Waals surface area contributed by atoms with Crippen molar-refractivity contribution in [3.63, 3.8) is 0 Å². The first kappa shape index (κ1) is 11.4. The van der Waals surface area contributed by atoms with Crippen LogP contribution in [-0.4, -0.2) is 39.2 Å². The summed E-state index contributed by atoms with van der Waals surface area (Å²) in [6.07, 6.45) is 5.61. The minimum Gasteiger partial charge on any atom is -0.371 e. The topological polar surface area (TPSA) is 40.5 Å². The summed E-state index contributed by atoms with van der Waals surface area (Å²) >= 11 is 1.56. The lowest BCUT2D eigenvalue weighted by Crippen LogP contribution is -2.43. The van der Waals surface area contributed by atoms with Crippen LogP contribution in [-0.2, 0) is 4.79 Å². The molecule has 78 valence electrons. The van der Waals surface area contributed by atoms with E-state index in [9.17, 15) is 9.90 Å². The number of nitrogens with zero attached hydrogens (tertiary/aromatic N) is 1. The average molecular weight is 213 g/mol. The molecule has 0 saturated carbocycles. The molecule has 0 spiro atoms. The van der Waals surface area contributed by atoms with Crippen molar-refractivity contribution in [2.24, 2.45) is 0 Å². The molecule has 0 bridgehead atoms. The highest BCUT2D eigenvalue weighted by Crippen LogP contribution is 2.34. The Morgan fingerprint density at radius 1 is 1.86 bits per heavy atom. The lowest BCUT2D eigenvalue weighted by atomic mass is 10.2. The fourth-order valence-electron chi connectivity index (χ4n) is 1.63. The smallest absolute Gasteiger partial charge is 0.238 e. The molecule has 1 N–H and O–H groups in total. The van der Waals surface area contributed by atoms with E-state index in [1.807, 2.05) is 6.92 Å². The van der Waals surface area contributed by atoms with Crippen LogP contribution in [0.25, 0.3) is 0 Å². The second-order valence-electron chi connectivity index (χ2n) is 3.49. The summed E-state index contributed by atoms with van der Waals surface area (Å²) in [7, 11) is 0. The number of carbonyl (C=O) groups is 1. The third-order valence-corrected chi connectivity index (χ3v) is 3.42. The highest BCUT2D eigenvalue weighted by atomic mass is 32.2. The standard InChI is InChI=1S/C10H15NO2S/c1-4-6-11-9(12)8(14-5-2)7-10(11,3)13/h1,8,13H,5-7H2,2-3H3. The molecule has 0 aromatic rings. The number of hydrogen-bond donors (Lipinski definition) is 1. The molecule has 0 aromatic carbocycles. The molecule has 0 aliphatic carbocycles. The second-order valence-corrected chi connectivity index (χ2v) is 4.97. The van der Waals surface area contributed by atoms with Gasteiger partial charge >= 0.3 is 0 Å². The normalized spacial score (nSPS) is 32.0. The number of carbonyl (C=O) groups excluding carboxylic acids is 1. The van der Waals surface area contributed by atoms with Crippen molar-refractivity contribution in [1.82, 2.24) is 4.90 Å². The van der Waals surface area contributed by atoms with Crippen molar-refractivity contribution >= 4 is 17.7 Å². The third-order valence-electron chi connectivity index (χ3n) is 2.31. The fourth-order valence-corrected chi connectivity index (χ4v) is 2.74. The van der Waals surface area contributed by atoms with Gasteiger partial charge in [0.2, 0.25) is 5.91 Å². The van der Waals surface area contributed by atoms with Crippen LogP contribution in [0.5, 0.6) is 0 Å². The monoisotopic (exact) mass is 213 g/mol. The van der Waals surface area contributed by atoms with Crippen molar-refractivity contribution in [2.45, 2.75) is 31.2 Å². The number of thioether (sulfide) groups is 1. The summed E-state index contributed by atoms with van der Waals surface area (Å²) in [5.41, 5.74) is -1.07. The highest BCUT2D eigenvalue weighted by molar-refractivity contribution is 8.00. The predicted molar refractivity (Wildman–Crippen MR) is 57.7 cm³/mol. The molecule has 4 heteroatoms. The summed E-state index contributed by atoms with van der Waals surface area (Å²) in [5, 5.41) is 9.81. The van der Waals surface area contributed by atoms with E-state index >= 15 is 0 Å². The molecular weight excluding hydrogens is 198 g/mol. The first-order valence-corrected chi connectivity index (χ1v) is 5.66. The van der Waals surface area contributed by atoms with E-state index in [1.165, 1.54) is 4.90 Å². The van der Waals surface area contributed by atoms with Crippen LogP contribution >= 0.6 is 11.8 Å². The molecule has 1 amide bonds. The van der Waals surface area contributed by atoms with Gasteiger partial charge in [-0.3, -0.25) is 4.79 Å². The molecule has 14 heavy (non-hydrogen) atoms. The van der Waals surface area contributed by atoms with Gasteiger partial charge in [0.25, 0.3) is 0 Å². The maximum atomic E-state index is 11.8. The average Bonchev–Trinajstić information content (AvgIpc) is 2.30. The van der Waals surface area contributed by atoms with Gasteiger partial charge in [0.1, 0.15) is 5.72 Å². The van der Waals surface area contributed by atoms with Gasteiger partial charge < -0.3 is 10.0 Å². The number of likely N-dealkylation sites (tertiary alicyclic amines) is 1. The van der Waals surface area contributed by atoms with Crippen molar-refractivity contribution < 1.29 is 9.90 Å². The van der Waals surface area contributed by atoms with Crippen LogP contribution in [0.15, 0.2) is 0 Å². The quantitative estimate of drug-likeness (QED) is 0.701. The molecule has 1 heterocycles. The second kappa shape index (κ2) is 4.24. The molecule has 1 rings (SSSR count). The molecule has 1 aliphatic rings.